The van der Waals surface area contributed by atoms with E-state index in [0.29, 0.717) is 6.42 Å². The Hall–Kier alpha value is -1.32. The van der Waals surface area contributed by atoms with Crippen molar-refractivity contribution in [2.24, 2.45) is 5.92 Å². The van der Waals surface area contributed by atoms with Crippen molar-refractivity contribution in [2.75, 3.05) is 0 Å². The van der Waals surface area contributed by atoms with Crippen LogP contribution in [0.15, 0.2) is 11.6 Å². The van der Waals surface area contributed by atoms with E-state index in [1.807, 2.05) is 0 Å². The Morgan fingerprint density at radius 1 is 1.27 bits per heavy atom. The molecule has 1 atom stereocenters. The molecular formula is C11H18O4. The Morgan fingerprint density at radius 3 is 2.27 bits per heavy atom. The maximum absolute atomic E-state index is 10.8. The standard InChI is InChI=1S/C11H18O4/c1-3-4-5-6-7-9(11(14)15)8(2)10(12)13/h7-8H,3-6H2,1-2H3,(H,12,13)(H,14,15)/t8-/m1/s1. The molecule has 0 heterocycles. The van der Waals surface area contributed by atoms with Crippen molar-refractivity contribution >= 4 is 11.9 Å². The molecule has 0 fully saturated rings. The van der Waals surface area contributed by atoms with Crippen LogP contribution in [0.5, 0.6) is 0 Å². The number of carboxylic acids is 2. The molecule has 0 aliphatic heterocycles. The molecule has 0 unspecified atom stereocenters. The van der Waals surface area contributed by atoms with Gasteiger partial charge < -0.3 is 10.2 Å². The van der Waals surface area contributed by atoms with E-state index in [9.17, 15) is 9.59 Å². The number of carbonyl (C=O) groups is 2. The molecule has 4 nitrogen and oxygen atoms in total. The van der Waals surface area contributed by atoms with Crippen LogP contribution in [0.3, 0.4) is 0 Å². The quantitative estimate of drug-likeness (QED) is 0.503. The van der Waals surface area contributed by atoms with Gasteiger partial charge in [-0.15, -0.1) is 0 Å². The van der Waals surface area contributed by atoms with Crippen LogP contribution in [-0.4, -0.2) is 22.2 Å². The van der Waals surface area contributed by atoms with Crippen LogP contribution in [-0.2, 0) is 9.59 Å². The number of hydrogen-bond acceptors (Lipinski definition) is 2. The van der Waals surface area contributed by atoms with E-state index in [2.05, 4.69) is 6.92 Å². The van der Waals surface area contributed by atoms with E-state index >= 15 is 0 Å². The first-order valence-corrected chi connectivity index (χ1v) is 5.16. The Morgan fingerprint density at radius 2 is 1.87 bits per heavy atom. The fraction of sp³-hybridized carbons (Fsp3) is 0.636. The van der Waals surface area contributed by atoms with Gasteiger partial charge >= 0.3 is 11.9 Å². The maximum atomic E-state index is 10.8. The summed E-state index contributed by atoms with van der Waals surface area (Å²) in [5, 5.41) is 17.5. The van der Waals surface area contributed by atoms with Gasteiger partial charge in [-0.3, -0.25) is 4.79 Å². The molecule has 0 aromatic rings. The smallest absolute Gasteiger partial charge is 0.332 e. The van der Waals surface area contributed by atoms with Crippen LogP contribution in [0.4, 0.5) is 0 Å². The van der Waals surface area contributed by atoms with Gasteiger partial charge in [0.05, 0.1) is 5.92 Å². The lowest BCUT2D eigenvalue weighted by molar-refractivity contribution is -0.143. The van der Waals surface area contributed by atoms with Crippen molar-refractivity contribution in [2.45, 2.75) is 39.5 Å². The summed E-state index contributed by atoms with van der Waals surface area (Å²) in [4.78, 5) is 21.4. The number of hydrogen-bond donors (Lipinski definition) is 2. The summed E-state index contributed by atoms with van der Waals surface area (Å²) in [6.07, 6.45) is 5.15. The monoisotopic (exact) mass is 214 g/mol. The normalized spacial score (nSPS) is 13.6. The van der Waals surface area contributed by atoms with Crippen molar-refractivity contribution in [3.8, 4) is 0 Å². The highest BCUT2D eigenvalue weighted by atomic mass is 16.4. The average Bonchev–Trinajstić information content (AvgIpc) is 2.16. The third-order valence-electron chi connectivity index (χ3n) is 2.26. The Bertz CT molecular complexity index is 255. The van der Waals surface area contributed by atoms with Gasteiger partial charge in [-0.25, -0.2) is 4.79 Å². The zero-order valence-corrected chi connectivity index (χ0v) is 9.19. The highest BCUT2D eigenvalue weighted by Gasteiger charge is 2.21. The molecule has 0 aromatic carbocycles. The van der Waals surface area contributed by atoms with Gasteiger partial charge in [-0.2, -0.15) is 0 Å². The lowest BCUT2D eigenvalue weighted by Crippen LogP contribution is -2.18. The maximum Gasteiger partial charge on any atom is 0.332 e. The van der Waals surface area contributed by atoms with Gasteiger partial charge in [-0.05, 0) is 19.8 Å². The van der Waals surface area contributed by atoms with Crippen LogP contribution in [0.1, 0.15) is 39.5 Å². The second kappa shape index (κ2) is 7.04. The van der Waals surface area contributed by atoms with Gasteiger partial charge in [0.2, 0.25) is 0 Å². The third-order valence-corrected chi connectivity index (χ3v) is 2.26. The van der Waals surface area contributed by atoms with E-state index in [4.69, 9.17) is 10.2 Å². The van der Waals surface area contributed by atoms with Crippen LogP contribution in [0.2, 0.25) is 0 Å². The fourth-order valence-electron chi connectivity index (χ4n) is 1.23. The fourth-order valence-corrected chi connectivity index (χ4v) is 1.23. The van der Waals surface area contributed by atoms with Crippen molar-refractivity contribution in [3.05, 3.63) is 11.6 Å². The molecule has 0 aromatic heterocycles. The third kappa shape index (κ3) is 5.20. The minimum Gasteiger partial charge on any atom is -0.481 e. The predicted molar refractivity (Wildman–Crippen MR) is 56.7 cm³/mol. The molecule has 2 N–H and O–H groups in total. The number of unbranched alkanes of at least 4 members (excludes halogenated alkanes) is 3. The van der Waals surface area contributed by atoms with Crippen LogP contribution in [0, 0.1) is 5.92 Å². The molecule has 0 aliphatic carbocycles. The van der Waals surface area contributed by atoms with Gasteiger partial charge in [0.25, 0.3) is 0 Å². The molecule has 0 radical (unpaired) electrons. The Kier molecular flexibility index (Phi) is 6.42. The Balaban J connectivity index is 4.38. The summed E-state index contributed by atoms with van der Waals surface area (Å²) in [7, 11) is 0. The van der Waals surface area contributed by atoms with E-state index in [0.717, 1.165) is 19.3 Å². The van der Waals surface area contributed by atoms with Crippen molar-refractivity contribution < 1.29 is 19.8 Å². The number of allylic oxidation sites excluding steroid dienone is 1. The molecule has 15 heavy (non-hydrogen) atoms. The molecule has 0 amide bonds. The Labute approximate surface area is 89.6 Å². The summed E-state index contributed by atoms with van der Waals surface area (Å²) in [5.74, 6) is -3.18. The zero-order valence-electron chi connectivity index (χ0n) is 9.19. The lowest BCUT2D eigenvalue weighted by atomic mass is 9.99. The average molecular weight is 214 g/mol. The minimum absolute atomic E-state index is 0.0152. The van der Waals surface area contributed by atoms with E-state index in [-0.39, 0.29) is 5.57 Å². The van der Waals surface area contributed by atoms with Crippen molar-refractivity contribution in [1.29, 1.82) is 0 Å². The van der Waals surface area contributed by atoms with Crippen LogP contribution in [0.25, 0.3) is 0 Å². The summed E-state index contributed by atoms with van der Waals surface area (Å²) in [6, 6.07) is 0. The zero-order chi connectivity index (χ0) is 11.8. The first kappa shape index (κ1) is 13.7. The van der Waals surface area contributed by atoms with Crippen molar-refractivity contribution in [3.63, 3.8) is 0 Å². The first-order valence-electron chi connectivity index (χ1n) is 5.16. The number of carboxylic acid groups (broad SMARTS) is 2. The second-order valence-electron chi connectivity index (χ2n) is 3.52. The molecule has 0 aliphatic rings. The van der Waals surface area contributed by atoms with Gasteiger partial charge in [0.1, 0.15) is 0 Å². The van der Waals surface area contributed by atoms with E-state index in [1.54, 1.807) is 0 Å². The van der Waals surface area contributed by atoms with Gasteiger partial charge in [0.15, 0.2) is 0 Å². The summed E-state index contributed by atoms with van der Waals surface area (Å²) in [6.45, 7) is 3.45. The largest absolute Gasteiger partial charge is 0.481 e. The topological polar surface area (TPSA) is 74.6 Å². The van der Waals surface area contributed by atoms with Gasteiger partial charge in [-0.1, -0.05) is 25.8 Å². The van der Waals surface area contributed by atoms with Crippen molar-refractivity contribution in [1.82, 2.24) is 0 Å². The minimum atomic E-state index is -1.14. The molecule has 0 bridgehead atoms. The molecule has 0 spiro atoms. The molecule has 0 saturated carbocycles. The number of rotatable bonds is 7. The highest BCUT2D eigenvalue weighted by Crippen LogP contribution is 2.13. The summed E-state index contributed by atoms with van der Waals surface area (Å²) in [5.41, 5.74) is -0.0152. The molecule has 0 rings (SSSR count). The molecule has 86 valence electrons. The SMILES string of the molecule is CCCCCC=C(C(=O)O)[C@@H](C)C(=O)O. The molecule has 0 saturated heterocycles. The number of aliphatic carboxylic acids is 2. The van der Waals surface area contributed by atoms with Gasteiger partial charge in [0, 0.05) is 5.57 Å². The second-order valence-corrected chi connectivity index (χ2v) is 3.52. The molecular weight excluding hydrogens is 196 g/mol. The predicted octanol–water partition coefficient (Wildman–Crippen LogP) is 2.30. The first-order chi connectivity index (χ1) is 7.00. The lowest BCUT2D eigenvalue weighted by Gasteiger charge is -2.07. The van der Waals surface area contributed by atoms with Crippen LogP contribution < -0.4 is 0 Å². The summed E-state index contributed by atoms with van der Waals surface area (Å²) >= 11 is 0. The molecule has 4 heteroatoms. The highest BCUT2D eigenvalue weighted by molar-refractivity contribution is 5.93. The summed E-state index contributed by atoms with van der Waals surface area (Å²) < 4.78 is 0. The van der Waals surface area contributed by atoms with E-state index < -0.39 is 17.9 Å². The van der Waals surface area contributed by atoms with E-state index in [1.165, 1.54) is 13.0 Å². The van der Waals surface area contributed by atoms with Crippen LogP contribution >= 0.6 is 0 Å².